The van der Waals surface area contributed by atoms with E-state index in [4.69, 9.17) is 11.6 Å². The van der Waals surface area contributed by atoms with Crippen molar-refractivity contribution in [2.45, 2.75) is 17.5 Å². The fraction of sp³-hybridized carbons (Fsp3) is 0.391. The molecule has 2 aliphatic heterocycles. The van der Waals surface area contributed by atoms with Gasteiger partial charge < -0.3 is 9.80 Å². The predicted molar refractivity (Wildman–Crippen MR) is 122 cm³/mol. The number of benzene rings is 2. The monoisotopic (exact) mass is 461 g/mol. The summed E-state index contributed by atoms with van der Waals surface area (Å²) in [5.74, 6) is -0.410. The van der Waals surface area contributed by atoms with E-state index in [1.54, 1.807) is 28.8 Å². The molecule has 2 amide bonds. The van der Waals surface area contributed by atoms with Gasteiger partial charge in [-0.3, -0.25) is 14.5 Å². The first-order valence-corrected chi connectivity index (χ1v) is 11.7. The van der Waals surface area contributed by atoms with E-state index in [-0.39, 0.29) is 22.4 Å². The lowest BCUT2D eigenvalue weighted by atomic mass is 10.1. The van der Waals surface area contributed by atoms with Crippen LogP contribution in [0.1, 0.15) is 28.2 Å². The van der Waals surface area contributed by atoms with Crippen LogP contribution in [0.25, 0.3) is 0 Å². The van der Waals surface area contributed by atoms with Gasteiger partial charge in [-0.15, -0.1) is 11.8 Å². The SMILES string of the molecule is CC1SC(c2ccccc2Cl)N(CCN2CCN(C(=O)c3cccc(F)c3)CC2)C1=O. The molecule has 0 bridgehead atoms. The fourth-order valence-corrected chi connectivity index (χ4v) is 5.70. The number of halogens is 2. The Morgan fingerprint density at radius 3 is 2.55 bits per heavy atom. The van der Waals surface area contributed by atoms with Crippen LogP contribution in [0.4, 0.5) is 4.39 Å². The van der Waals surface area contributed by atoms with Gasteiger partial charge in [0.05, 0.1) is 5.25 Å². The molecule has 0 N–H and O–H groups in total. The minimum Gasteiger partial charge on any atom is -0.336 e. The molecule has 2 aromatic rings. The average molecular weight is 462 g/mol. The van der Waals surface area contributed by atoms with Crippen LogP contribution in [0.15, 0.2) is 48.5 Å². The van der Waals surface area contributed by atoms with Gasteiger partial charge in [-0.25, -0.2) is 4.39 Å². The smallest absolute Gasteiger partial charge is 0.254 e. The minimum atomic E-state index is -0.403. The van der Waals surface area contributed by atoms with E-state index in [0.29, 0.717) is 30.2 Å². The summed E-state index contributed by atoms with van der Waals surface area (Å²) in [7, 11) is 0. The highest BCUT2D eigenvalue weighted by Crippen LogP contribution is 2.44. The molecule has 2 aliphatic rings. The molecular weight excluding hydrogens is 437 g/mol. The summed E-state index contributed by atoms with van der Waals surface area (Å²) in [6.07, 6.45) is 0. The third-order valence-electron chi connectivity index (χ3n) is 5.81. The summed E-state index contributed by atoms with van der Waals surface area (Å²) >= 11 is 8.03. The maximum Gasteiger partial charge on any atom is 0.254 e. The fourth-order valence-electron chi connectivity index (χ4n) is 4.05. The van der Waals surface area contributed by atoms with E-state index in [0.717, 1.165) is 25.2 Å². The van der Waals surface area contributed by atoms with Crippen molar-refractivity contribution in [2.24, 2.45) is 0 Å². The number of carbonyl (C=O) groups excluding carboxylic acids is 2. The normalized spacial score (nSPS) is 22.2. The molecule has 8 heteroatoms. The number of carbonyl (C=O) groups is 2. The lowest BCUT2D eigenvalue weighted by molar-refractivity contribution is -0.130. The van der Waals surface area contributed by atoms with Crippen LogP contribution in [0.2, 0.25) is 5.02 Å². The largest absolute Gasteiger partial charge is 0.336 e. The summed E-state index contributed by atoms with van der Waals surface area (Å²) < 4.78 is 13.4. The van der Waals surface area contributed by atoms with Gasteiger partial charge in [0.1, 0.15) is 11.2 Å². The van der Waals surface area contributed by atoms with Crippen molar-refractivity contribution in [3.8, 4) is 0 Å². The Hall–Kier alpha value is -2.09. The van der Waals surface area contributed by atoms with Crippen LogP contribution < -0.4 is 0 Å². The second-order valence-corrected chi connectivity index (χ2v) is 9.66. The van der Waals surface area contributed by atoms with Crippen molar-refractivity contribution in [2.75, 3.05) is 39.3 Å². The van der Waals surface area contributed by atoms with Crippen molar-refractivity contribution in [1.29, 1.82) is 0 Å². The van der Waals surface area contributed by atoms with Crippen LogP contribution in [-0.2, 0) is 4.79 Å². The molecule has 0 aromatic heterocycles. The highest BCUT2D eigenvalue weighted by Gasteiger charge is 2.39. The number of rotatable bonds is 5. The first kappa shape index (κ1) is 22.1. The number of hydrogen-bond acceptors (Lipinski definition) is 4. The van der Waals surface area contributed by atoms with Gasteiger partial charge in [0.2, 0.25) is 5.91 Å². The summed E-state index contributed by atoms with van der Waals surface area (Å²) in [6, 6.07) is 13.5. The zero-order valence-corrected chi connectivity index (χ0v) is 18.9. The number of piperazine rings is 1. The zero-order chi connectivity index (χ0) is 22.0. The standard InChI is InChI=1S/C23H25ClFN3O2S/c1-16-21(29)28(23(31-16)19-7-2-3-8-20(19)24)14-11-26-9-12-27(13-10-26)22(30)17-5-4-6-18(25)15-17/h2-8,15-16,23H,9-14H2,1H3. The lowest BCUT2D eigenvalue weighted by Crippen LogP contribution is -2.50. The Labute approximate surface area is 191 Å². The lowest BCUT2D eigenvalue weighted by Gasteiger charge is -2.36. The molecule has 0 aliphatic carbocycles. The molecule has 0 radical (unpaired) electrons. The third kappa shape index (κ3) is 4.89. The van der Waals surface area contributed by atoms with Gasteiger partial charge in [0, 0.05) is 55.4 Å². The number of thioether (sulfide) groups is 1. The second-order valence-electron chi connectivity index (χ2n) is 7.83. The first-order chi connectivity index (χ1) is 14.9. The molecule has 164 valence electrons. The van der Waals surface area contributed by atoms with E-state index in [9.17, 15) is 14.0 Å². The maximum absolute atomic E-state index is 13.4. The van der Waals surface area contributed by atoms with Gasteiger partial charge in [-0.1, -0.05) is 35.9 Å². The van der Waals surface area contributed by atoms with Crippen LogP contribution >= 0.6 is 23.4 Å². The summed E-state index contributed by atoms with van der Waals surface area (Å²) in [6.45, 7) is 5.91. The van der Waals surface area contributed by atoms with Crippen molar-refractivity contribution in [1.82, 2.24) is 14.7 Å². The molecule has 4 rings (SSSR count). The van der Waals surface area contributed by atoms with E-state index in [1.807, 2.05) is 36.1 Å². The van der Waals surface area contributed by atoms with E-state index in [2.05, 4.69) is 4.90 Å². The Bertz CT molecular complexity index is 967. The third-order valence-corrected chi connectivity index (χ3v) is 7.53. The van der Waals surface area contributed by atoms with Crippen LogP contribution in [0.3, 0.4) is 0 Å². The average Bonchev–Trinajstić information content (AvgIpc) is 3.06. The molecule has 2 saturated heterocycles. The van der Waals surface area contributed by atoms with E-state index >= 15 is 0 Å². The van der Waals surface area contributed by atoms with Crippen molar-refractivity contribution >= 4 is 35.2 Å². The molecule has 2 atom stereocenters. The van der Waals surface area contributed by atoms with E-state index in [1.165, 1.54) is 12.1 Å². The van der Waals surface area contributed by atoms with Crippen molar-refractivity contribution in [3.05, 3.63) is 70.5 Å². The minimum absolute atomic E-state index is 0.0768. The van der Waals surface area contributed by atoms with Gasteiger partial charge in [0.15, 0.2) is 0 Å². The summed E-state index contributed by atoms with van der Waals surface area (Å²) in [5.41, 5.74) is 1.35. The van der Waals surface area contributed by atoms with Crippen LogP contribution in [0.5, 0.6) is 0 Å². The molecule has 2 aromatic carbocycles. The van der Waals surface area contributed by atoms with Crippen molar-refractivity contribution in [3.63, 3.8) is 0 Å². The molecule has 0 saturated carbocycles. The highest BCUT2D eigenvalue weighted by atomic mass is 35.5. The Kier molecular flexibility index (Phi) is 6.84. The summed E-state index contributed by atoms with van der Waals surface area (Å²) in [5, 5.41) is 0.505. The molecule has 2 heterocycles. The Morgan fingerprint density at radius 2 is 1.84 bits per heavy atom. The second kappa shape index (κ2) is 9.59. The predicted octanol–water partition coefficient (Wildman–Crippen LogP) is 3.90. The topological polar surface area (TPSA) is 43.9 Å². The molecule has 2 unspecified atom stereocenters. The molecular formula is C23H25ClFN3O2S. The van der Waals surface area contributed by atoms with Crippen LogP contribution in [0, 0.1) is 5.82 Å². The highest BCUT2D eigenvalue weighted by molar-refractivity contribution is 8.01. The zero-order valence-electron chi connectivity index (χ0n) is 17.3. The molecule has 0 spiro atoms. The Morgan fingerprint density at radius 1 is 1.10 bits per heavy atom. The molecule has 2 fully saturated rings. The molecule has 31 heavy (non-hydrogen) atoms. The van der Waals surface area contributed by atoms with Gasteiger partial charge in [0.25, 0.3) is 5.91 Å². The quantitative estimate of drug-likeness (QED) is 0.677. The number of nitrogens with zero attached hydrogens (tertiary/aromatic N) is 3. The Balaban J connectivity index is 1.34. The van der Waals surface area contributed by atoms with Gasteiger partial charge in [-0.2, -0.15) is 0 Å². The van der Waals surface area contributed by atoms with Gasteiger partial charge >= 0.3 is 0 Å². The van der Waals surface area contributed by atoms with Crippen LogP contribution in [-0.4, -0.2) is 71.0 Å². The van der Waals surface area contributed by atoms with Crippen molar-refractivity contribution < 1.29 is 14.0 Å². The van der Waals surface area contributed by atoms with Gasteiger partial charge in [-0.05, 0) is 31.2 Å². The number of hydrogen-bond donors (Lipinski definition) is 0. The number of amides is 2. The summed E-state index contributed by atoms with van der Waals surface area (Å²) in [4.78, 5) is 31.3. The first-order valence-electron chi connectivity index (χ1n) is 10.4. The maximum atomic E-state index is 13.4. The van der Waals surface area contributed by atoms with E-state index < -0.39 is 5.82 Å². The molecule has 5 nitrogen and oxygen atoms in total.